The van der Waals surface area contributed by atoms with Crippen LogP contribution in [-0.2, 0) is 17.9 Å². The van der Waals surface area contributed by atoms with Crippen LogP contribution in [0.3, 0.4) is 0 Å². The number of benzene rings is 2. The van der Waals surface area contributed by atoms with Gasteiger partial charge in [0.05, 0.1) is 30.0 Å². The first-order valence-corrected chi connectivity index (χ1v) is 8.86. The molecule has 1 aromatic heterocycles. The van der Waals surface area contributed by atoms with Crippen LogP contribution in [-0.4, -0.2) is 24.7 Å². The lowest BCUT2D eigenvalue weighted by molar-refractivity contribution is 0.0948. The molecule has 1 N–H and O–H groups in total. The molecule has 1 amide bonds. The number of hydrogen-bond acceptors (Lipinski definition) is 3. The van der Waals surface area contributed by atoms with Crippen molar-refractivity contribution in [3.05, 3.63) is 82.6 Å². The van der Waals surface area contributed by atoms with Crippen LogP contribution in [0.5, 0.6) is 5.75 Å². The summed E-state index contributed by atoms with van der Waals surface area (Å²) in [5.41, 5.74) is 3.23. The van der Waals surface area contributed by atoms with Gasteiger partial charge in [0, 0.05) is 32.1 Å². The first-order valence-electron chi connectivity index (χ1n) is 8.48. The molecule has 1 heterocycles. The molecule has 0 atom stereocenters. The van der Waals surface area contributed by atoms with E-state index in [-0.39, 0.29) is 5.91 Å². The molecule has 0 aliphatic rings. The van der Waals surface area contributed by atoms with Gasteiger partial charge >= 0.3 is 0 Å². The van der Waals surface area contributed by atoms with Gasteiger partial charge in [0.2, 0.25) is 0 Å². The van der Waals surface area contributed by atoms with E-state index in [1.54, 1.807) is 19.2 Å². The summed E-state index contributed by atoms with van der Waals surface area (Å²) in [4.78, 5) is 12.6. The second kappa shape index (κ2) is 8.75. The molecular weight excluding hydrogens is 364 g/mol. The van der Waals surface area contributed by atoms with Crippen molar-refractivity contribution >= 4 is 17.5 Å². The molecule has 0 bridgehead atoms. The zero-order valence-corrected chi connectivity index (χ0v) is 16.0. The lowest BCUT2D eigenvalue weighted by Gasteiger charge is -2.14. The Morgan fingerprint density at radius 3 is 2.37 bits per heavy atom. The van der Waals surface area contributed by atoms with E-state index in [0.717, 1.165) is 16.8 Å². The first-order chi connectivity index (χ1) is 13.1. The summed E-state index contributed by atoms with van der Waals surface area (Å²) >= 11 is 6.39. The average Bonchev–Trinajstić information content (AvgIpc) is 3.21. The lowest BCUT2D eigenvalue weighted by atomic mass is 10.1. The van der Waals surface area contributed by atoms with Crippen molar-refractivity contribution in [3.63, 3.8) is 0 Å². The van der Waals surface area contributed by atoms with Gasteiger partial charge in [-0.2, -0.15) is 0 Å². The third-order valence-electron chi connectivity index (χ3n) is 4.18. The highest BCUT2D eigenvalue weighted by Gasteiger charge is 2.16. The molecule has 140 valence electrons. The van der Waals surface area contributed by atoms with Crippen LogP contribution in [0.1, 0.15) is 21.5 Å². The summed E-state index contributed by atoms with van der Waals surface area (Å²) in [7, 11) is 3.20. The highest BCUT2D eigenvalue weighted by molar-refractivity contribution is 6.33. The minimum absolute atomic E-state index is 0.242. The van der Waals surface area contributed by atoms with E-state index in [4.69, 9.17) is 21.1 Å². The zero-order valence-electron chi connectivity index (χ0n) is 15.2. The fourth-order valence-corrected chi connectivity index (χ4v) is 3.04. The van der Waals surface area contributed by atoms with E-state index in [1.807, 2.05) is 53.4 Å². The van der Waals surface area contributed by atoms with Gasteiger partial charge in [-0.05, 0) is 29.3 Å². The Balaban J connectivity index is 1.75. The SMILES string of the molecule is COCc1ccc(CNC(=O)c2cc(Cl)c(-n3cccc3)cc2OC)cc1. The van der Waals surface area contributed by atoms with Gasteiger partial charge in [-0.15, -0.1) is 0 Å². The van der Waals surface area contributed by atoms with E-state index in [0.29, 0.717) is 29.5 Å². The third kappa shape index (κ3) is 4.51. The molecule has 0 radical (unpaired) electrons. The molecule has 0 saturated heterocycles. The van der Waals surface area contributed by atoms with Crippen molar-refractivity contribution in [1.82, 2.24) is 9.88 Å². The van der Waals surface area contributed by atoms with E-state index < -0.39 is 0 Å². The maximum atomic E-state index is 12.6. The molecule has 2 aromatic carbocycles. The van der Waals surface area contributed by atoms with Crippen molar-refractivity contribution in [2.75, 3.05) is 14.2 Å². The molecule has 0 aliphatic carbocycles. The number of amides is 1. The number of nitrogens with one attached hydrogen (secondary N) is 1. The number of hydrogen-bond donors (Lipinski definition) is 1. The predicted octanol–water partition coefficient (Wildman–Crippen LogP) is 4.22. The molecule has 5 nitrogen and oxygen atoms in total. The Morgan fingerprint density at radius 2 is 1.74 bits per heavy atom. The monoisotopic (exact) mass is 384 g/mol. The number of nitrogens with zero attached hydrogens (tertiary/aromatic N) is 1. The van der Waals surface area contributed by atoms with Crippen LogP contribution in [0.2, 0.25) is 5.02 Å². The van der Waals surface area contributed by atoms with Crippen LogP contribution >= 0.6 is 11.6 Å². The number of methoxy groups -OCH3 is 2. The van der Waals surface area contributed by atoms with Crippen molar-refractivity contribution in [3.8, 4) is 11.4 Å². The van der Waals surface area contributed by atoms with E-state index in [2.05, 4.69) is 5.32 Å². The third-order valence-corrected chi connectivity index (χ3v) is 4.49. The van der Waals surface area contributed by atoms with E-state index in [1.165, 1.54) is 7.11 Å². The number of ether oxygens (including phenoxy) is 2. The van der Waals surface area contributed by atoms with E-state index >= 15 is 0 Å². The fraction of sp³-hybridized carbons (Fsp3) is 0.190. The second-order valence-electron chi connectivity index (χ2n) is 6.03. The lowest BCUT2D eigenvalue weighted by Crippen LogP contribution is -2.23. The molecular formula is C21H21ClN2O3. The van der Waals surface area contributed by atoms with Crippen LogP contribution in [0.4, 0.5) is 0 Å². The normalized spacial score (nSPS) is 10.6. The van der Waals surface area contributed by atoms with Crippen molar-refractivity contribution in [2.24, 2.45) is 0 Å². The number of carbonyl (C=O) groups is 1. The van der Waals surface area contributed by atoms with Crippen molar-refractivity contribution in [2.45, 2.75) is 13.2 Å². The maximum Gasteiger partial charge on any atom is 0.255 e. The van der Waals surface area contributed by atoms with Gasteiger partial charge in [-0.3, -0.25) is 4.79 Å². The summed E-state index contributed by atoms with van der Waals surface area (Å²) < 4.78 is 12.4. The van der Waals surface area contributed by atoms with Gasteiger partial charge in [-0.25, -0.2) is 0 Å². The highest BCUT2D eigenvalue weighted by Crippen LogP contribution is 2.30. The molecule has 27 heavy (non-hydrogen) atoms. The Kier molecular flexibility index (Phi) is 6.16. The molecule has 0 aliphatic heterocycles. The van der Waals surface area contributed by atoms with Crippen LogP contribution in [0, 0.1) is 0 Å². The van der Waals surface area contributed by atoms with E-state index in [9.17, 15) is 4.79 Å². The number of halogens is 1. The summed E-state index contributed by atoms with van der Waals surface area (Å²) in [5, 5.41) is 3.38. The van der Waals surface area contributed by atoms with Gasteiger partial charge < -0.3 is 19.4 Å². The Labute approximate surface area is 163 Å². The Morgan fingerprint density at radius 1 is 1.07 bits per heavy atom. The highest BCUT2D eigenvalue weighted by atomic mass is 35.5. The standard InChI is InChI=1S/C21H21ClN2O3/c1-26-14-16-7-5-15(6-8-16)13-23-21(25)17-11-18(22)19(12-20(17)27-2)24-9-3-4-10-24/h3-12H,13-14H2,1-2H3,(H,23,25). The Hall–Kier alpha value is -2.76. The molecule has 0 unspecified atom stereocenters. The van der Waals surface area contributed by atoms with Crippen LogP contribution < -0.4 is 10.1 Å². The Bertz CT molecular complexity index is 906. The minimum Gasteiger partial charge on any atom is -0.496 e. The minimum atomic E-state index is -0.242. The fourth-order valence-electron chi connectivity index (χ4n) is 2.78. The second-order valence-corrected chi connectivity index (χ2v) is 6.43. The van der Waals surface area contributed by atoms with Crippen molar-refractivity contribution in [1.29, 1.82) is 0 Å². The number of rotatable bonds is 7. The van der Waals surface area contributed by atoms with Crippen LogP contribution in [0.25, 0.3) is 5.69 Å². The summed E-state index contributed by atoms with van der Waals surface area (Å²) in [6.07, 6.45) is 3.77. The van der Waals surface area contributed by atoms with Crippen molar-refractivity contribution < 1.29 is 14.3 Å². The van der Waals surface area contributed by atoms with Gasteiger partial charge in [0.1, 0.15) is 5.75 Å². The van der Waals surface area contributed by atoms with Gasteiger partial charge in [0.25, 0.3) is 5.91 Å². The largest absolute Gasteiger partial charge is 0.496 e. The van der Waals surface area contributed by atoms with Gasteiger partial charge in [0.15, 0.2) is 0 Å². The average molecular weight is 385 g/mol. The molecule has 3 aromatic rings. The quantitative estimate of drug-likeness (QED) is 0.663. The van der Waals surface area contributed by atoms with Gasteiger partial charge in [-0.1, -0.05) is 35.9 Å². The summed E-state index contributed by atoms with van der Waals surface area (Å²) in [6, 6.07) is 15.1. The smallest absolute Gasteiger partial charge is 0.255 e. The first kappa shape index (κ1) is 19.0. The number of aromatic nitrogens is 1. The maximum absolute atomic E-state index is 12.6. The molecule has 6 heteroatoms. The van der Waals surface area contributed by atoms with Crippen LogP contribution in [0.15, 0.2) is 60.9 Å². The summed E-state index contributed by atoms with van der Waals surface area (Å²) in [6.45, 7) is 0.975. The molecule has 0 fully saturated rings. The molecule has 0 spiro atoms. The zero-order chi connectivity index (χ0) is 19.2. The molecule has 3 rings (SSSR count). The topological polar surface area (TPSA) is 52.5 Å². The summed E-state index contributed by atoms with van der Waals surface area (Å²) in [5.74, 6) is 0.227. The number of carbonyl (C=O) groups excluding carboxylic acids is 1. The predicted molar refractivity (Wildman–Crippen MR) is 106 cm³/mol. The molecule has 0 saturated carbocycles.